The summed E-state index contributed by atoms with van der Waals surface area (Å²) in [5, 5.41) is 12.3. The van der Waals surface area contributed by atoms with E-state index in [1.807, 2.05) is 0 Å². The largest absolute Gasteiger partial charge is 0.462 e. The second-order valence-electron chi connectivity index (χ2n) is 3.43. The van der Waals surface area contributed by atoms with Gasteiger partial charge in [0.2, 0.25) is 0 Å². The maximum Gasteiger partial charge on any atom is 0.364 e. The normalized spacial score (nSPS) is 22.5. The molecule has 1 aliphatic heterocycles. The van der Waals surface area contributed by atoms with Crippen molar-refractivity contribution in [2.24, 2.45) is 0 Å². The summed E-state index contributed by atoms with van der Waals surface area (Å²) in [5.74, 6) is -1.35. The topological polar surface area (TPSA) is 75.6 Å². The molecule has 1 aliphatic rings. The molecule has 0 bridgehead atoms. The summed E-state index contributed by atoms with van der Waals surface area (Å²) in [5.41, 5.74) is -1.53. The third-order valence-electron chi connectivity index (χ3n) is 2.43. The number of carbonyl (C=O) groups excluding carboxylic acids is 2. The maximum atomic E-state index is 11.6. The summed E-state index contributed by atoms with van der Waals surface area (Å²) < 4.78 is 4.73. The molecule has 1 amide bonds. The zero-order chi connectivity index (χ0) is 11.8. The van der Waals surface area contributed by atoms with Crippen LogP contribution in [0.1, 0.15) is 22.8 Å². The van der Waals surface area contributed by atoms with Gasteiger partial charge in [-0.2, -0.15) is 0 Å². The van der Waals surface area contributed by atoms with E-state index >= 15 is 0 Å². The Labute approximate surface area is 92.0 Å². The number of rotatable bonds is 2. The number of fused-ring (bicyclic) bond motifs is 1. The van der Waals surface area contributed by atoms with Gasteiger partial charge in [-0.25, -0.2) is 4.79 Å². The molecule has 0 aromatic heterocycles. The smallest absolute Gasteiger partial charge is 0.364 e. The molecule has 0 fully saturated rings. The molecule has 5 heteroatoms. The first-order valence-electron chi connectivity index (χ1n) is 4.91. The Morgan fingerprint density at radius 3 is 2.88 bits per heavy atom. The van der Waals surface area contributed by atoms with Crippen LogP contribution >= 0.6 is 0 Å². The summed E-state index contributed by atoms with van der Waals surface area (Å²) in [4.78, 5) is 23.1. The third-order valence-corrected chi connectivity index (χ3v) is 2.43. The van der Waals surface area contributed by atoms with E-state index in [0.29, 0.717) is 0 Å². The lowest BCUT2D eigenvalue weighted by atomic mass is 10.0. The Bertz CT molecular complexity index is 457. The zero-order valence-corrected chi connectivity index (χ0v) is 8.69. The van der Waals surface area contributed by atoms with Gasteiger partial charge in [0.05, 0.1) is 6.61 Å². The van der Waals surface area contributed by atoms with E-state index in [0.717, 1.165) is 0 Å². The van der Waals surface area contributed by atoms with Gasteiger partial charge < -0.3 is 15.2 Å². The van der Waals surface area contributed by atoms with E-state index in [4.69, 9.17) is 4.74 Å². The van der Waals surface area contributed by atoms with Gasteiger partial charge in [0.1, 0.15) is 0 Å². The Morgan fingerprint density at radius 1 is 1.50 bits per heavy atom. The minimum atomic E-state index is -2.05. The van der Waals surface area contributed by atoms with Crippen LogP contribution in [-0.2, 0) is 15.3 Å². The number of amides is 1. The van der Waals surface area contributed by atoms with E-state index in [1.165, 1.54) is 6.07 Å². The van der Waals surface area contributed by atoms with Crippen molar-refractivity contribution in [3.63, 3.8) is 0 Å². The fourth-order valence-corrected chi connectivity index (χ4v) is 1.69. The van der Waals surface area contributed by atoms with Crippen molar-refractivity contribution in [3.05, 3.63) is 35.4 Å². The average Bonchev–Trinajstić information content (AvgIpc) is 2.54. The highest BCUT2D eigenvalue weighted by Gasteiger charge is 2.48. The van der Waals surface area contributed by atoms with Crippen LogP contribution in [0.25, 0.3) is 0 Å². The Morgan fingerprint density at radius 2 is 2.19 bits per heavy atom. The van der Waals surface area contributed by atoms with E-state index < -0.39 is 17.6 Å². The predicted molar refractivity (Wildman–Crippen MR) is 54.4 cm³/mol. The molecule has 0 spiro atoms. The quantitative estimate of drug-likeness (QED) is 0.696. The number of hydrogen-bond donors (Lipinski definition) is 2. The number of ether oxygens (including phenoxy) is 1. The third kappa shape index (κ3) is 1.37. The number of hydrogen-bond acceptors (Lipinski definition) is 4. The monoisotopic (exact) mass is 221 g/mol. The zero-order valence-electron chi connectivity index (χ0n) is 8.69. The van der Waals surface area contributed by atoms with Crippen molar-refractivity contribution in [1.29, 1.82) is 0 Å². The molecule has 1 aromatic carbocycles. The average molecular weight is 221 g/mol. The highest BCUT2D eigenvalue weighted by molar-refractivity contribution is 6.04. The first kappa shape index (κ1) is 10.6. The van der Waals surface area contributed by atoms with E-state index in [1.54, 1.807) is 25.1 Å². The molecule has 0 radical (unpaired) electrons. The minimum Gasteiger partial charge on any atom is -0.462 e. The fourth-order valence-electron chi connectivity index (χ4n) is 1.69. The van der Waals surface area contributed by atoms with Gasteiger partial charge in [0.15, 0.2) is 0 Å². The van der Waals surface area contributed by atoms with Gasteiger partial charge in [-0.15, -0.1) is 0 Å². The van der Waals surface area contributed by atoms with Gasteiger partial charge in [0, 0.05) is 11.1 Å². The fraction of sp³-hybridized carbons (Fsp3) is 0.273. The van der Waals surface area contributed by atoms with Crippen molar-refractivity contribution < 1.29 is 19.4 Å². The number of esters is 1. The molecule has 0 unspecified atom stereocenters. The molecule has 1 atom stereocenters. The number of aliphatic hydroxyl groups is 1. The van der Waals surface area contributed by atoms with Crippen molar-refractivity contribution in [3.8, 4) is 0 Å². The Hall–Kier alpha value is -1.88. The molecule has 2 N–H and O–H groups in total. The van der Waals surface area contributed by atoms with Crippen LogP contribution in [0.15, 0.2) is 24.3 Å². The van der Waals surface area contributed by atoms with Crippen LogP contribution in [0, 0.1) is 0 Å². The molecular weight excluding hydrogens is 210 g/mol. The lowest BCUT2D eigenvalue weighted by Gasteiger charge is -2.20. The van der Waals surface area contributed by atoms with Crippen LogP contribution in [0.3, 0.4) is 0 Å². The molecule has 0 saturated carbocycles. The first-order chi connectivity index (χ1) is 7.59. The van der Waals surface area contributed by atoms with Gasteiger partial charge in [-0.1, -0.05) is 18.2 Å². The van der Waals surface area contributed by atoms with Crippen LogP contribution in [0.4, 0.5) is 0 Å². The molecule has 1 heterocycles. The molecule has 16 heavy (non-hydrogen) atoms. The second kappa shape index (κ2) is 3.61. The molecule has 2 rings (SSSR count). The van der Waals surface area contributed by atoms with Crippen LogP contribution in [-0.4, -0.2) is 23.6 Å². The van der Waals surface area contributed by atoms with Crippen LogP contribution in [0.2, 0.25) is 0 Å². The van der Waals surface area contributed by atoms with E-state index in [9.17, 15) is 14.7 Å². The number of nitrogens with one attached hydrogen (secondary N) is 1. The van der Waals surface area contributed by atoms with Crippen molar-refractivity contribution in [2.45, 2.75) is 12.6 Å². The highest BCUT2D eigenvalue weighted by atomic mass is 16.6. The SMILES string of the molecule is CCOC(=O)[C@]1(O)NC(=O)c2ccccc21. The maximum absolute atomic E-state index is 11.6. The Balaban J connectivity index is 2.46. The second-order valence-corrected chi connectivity index (χ2v) is 3.43. The molecule has 0 saturated heterocycles. The van der Waals surface area contributed by atoms with E-state index in [2.05, 4.69) is 5.32 Å². The van der Waals surface area contributed by atoms with Gasteiger partial charge >= 0.3 is 5.97 Å². The predicted octanol–water partition coefficient (Wildman–Crippen LogP) is 0.138. The number of carbonyl (C=O) groups is 2. The van der Waals surface area contributed by atoms with Crippen LogP contribution < -0.4 is 5.32 Å². The lowest BCUT2D eigenvalue weighted by Crippen LogP contribution is -2.47. The summed E-state index contributed by atoms with van der Waals surface area (Å²) in [6.45, 7) is 1.77. The number of benzene rings is 1. The molecular formula is C11H11NO4. The lowest BCUT2D eigenvalue weighted by molar-refractivity contribution is -0.168. The molecule has 5 nitrogen and oxygen atoms in total. The summed E-state index contributed by atoms with van der Waals surface area (Å²) in [6, 6.07) is 6.37. The molecule has 0 aliphatic carbocycles. The summed E-state index contributed by atoms with van der Waals surface area (Å²) in [7, 11) is 0. The first-order valence-corrected chi connectivity index (χ1v) is 4.91. The summed E-state index contributed by atoms with van der Waals surface area (Å²) in [6.07, 6.45) is 0. The Kier molecular flexibility index (Phi) is 2.40. The van der Waals surface area contributed by atoms with Crippen LogP contribution in [0.5, 0.6) is 0 Å². The minimum absolute atomic E-state index is 0.138. The van der Waals surface area contributed by atoms with E-state index in [-0.39, 0.29) is 17.7 Å². The molecule has 1 aromatic rings. The standard InChI is InChI=1S/C11H11NO4/c1-2-16-10(14)11(15)8-6-4-3-5-7(8)9(13)12-11/h3-6,15H,2H2,1H3,(H,12,13)/t11-/m0/s1. The summed E-state index contributed by atoms with van der Waals surface area (Å²) >= 11 is 0. The van der Waals surface area contributed by atoms with Gasteiger partial charge in [-0.3, -0.25) is 4.79 Å². The van der Waals surface area contributed by atoms with Crippen molar-refractivity contribution >= 4 is 11.9 Å². The van der Waals surface area contributed by atoms with Gasteiger partial charge in [0.25, 0.3) is 11.6 Å². The van der Waals surface area contributed by atoms with Crippen molar-refractivity contribution in [2.75, 3.05) is 6.61 Å². The van der Waals surface area contributed by atoms with Crippen molar-refractivity contribution in [1.82, 2.24) is 5.32 Å². The molecule has 84 valence electrons. The highest BCUT2D eigenvalue weighted by Crippen LogP contribution is 2.29. The van der Waals surface area contributed by atoms with Gasteiger partial charge in [-0.05, 0) is 13.0 Å².